The first kappa shape index (κ1) is 12.4. The van der Waals surface area contributed by atoms with Crippen molar-refractivity contribution in [1.82, 2.24) is 9.97 Å². The summed E-state index contributed by atoms with van der Waals surface area (Å²) in [7, 11) is 0. The standard InChI is InChI=1S/C14H16N4/c1-4-13-15-10(2)14(11(3)16-13)18-17-12-8-6-5-7-9-12/h5-9H,4H2,1-3H3/b18-17+. The summed E-state index contributed by atoms with van der Waals surface area (Å²) in [4.78, 5) is 8.80. The van der Waals surface area contributed by atoms with Crippen LogP contribution in [0.2, 0.25) is 0 Å². The lowest BCUT2D eigenvalue weighted by Crippen LogP contribution is -1.98. The molecule has 18 heavy (non-hydrogen) atoms. The van der Waals surface area contributed by atoms with Gasteiger partial charge in [-0.2, -0.15) is 5.11 Å². The lowest BCUT2D eigenvalue weighted by atomic mass is 10.3. The van der Waals surface area contributed by atoms with E-state index in [9.17, 15) is 0 Å². The molecule has 0 fully saturated rings. The second-order valence-electron chi connectivity index (χ2n) is 4.05. The molecule has 4 nitrogen and oxygen atoms in total. The van der Waals surface area contributed by atoms with E-state index < -0.39 is 0 Å². The van der Waals surface area contributed by atoms with Gasteiger partial charge in [-0.25, -0.2) is 9.97 Å². The maximum atomic E-state index is 4.40. The van der Waals surface area contributed by atoms with Gasteiger partial charge in [0, 0.05) is 6.42 Å². The van der Waals surface area contributed by atoms with Crippen molar-refractivity contribution in [1.29, 1.82) is 0 Å². The average molecular weight is 240 g/mol. The van der Waals surface area contributed by atoms with Gasteiger partial charge in [0.2, 0.25) is 0 Å². The molecular weight excluding hydrogens is 224 g/mol. The van der Waals surface area contributed by atoms with Gasteiger partial charge in [-0.05, 0) is 26.0 Å². The van der Waals surface area contributed by atoms with Crippen LogP contribution in [-0.2, 0) is 6.42 Å². The van der Waals surface area contributed by atoms with E-state index in [0.29, 0.717) is 0 Å². The van der Waals surface area contributed by atoms with Crippen LogP contribution in [0.3, 0.4) is 0 Å². The normalized spacial score (nSPS) is 11.1. The van der Waals surface area contributed by atoms with Crippen LogP contribution < -0.4 is 0 Å². The molecule has 0 aliphatic heterocycles. The molecule has 0 spiro atoms. The summed E-state index contributed by atoms with van der Waals surface area (Å²) in [5.74, 6) is 0.851. The highest BCUT2D eigenvalue weighted by Crippen LogP contribution is 2.23. The molecule has 2 aromatic rings. The zero-order chi connectivity index (χ0) is 13.0. The van der Waals surface area contributed by atoms with E-state index in [1.807, 2.05) is 51.1 Å². The number of hydrogen-bond donors (Lipinski definition) is 0. The predicted octanol–water partition coefficient (Wildman–Crippen LogP) is 4.07. The van der Waals surface area contributed by atoms with E-state index >= 15 is 0 Å². The molecule has 0 atom stereocenters. The number of nitrogens with zero attached hydrogens (tertiary/aromatic N) is 4. The highest BCUT2D eigenvalue weighted by Gasteiger charge is 2.06. The van der Waals surface area contributed by atoms with Gasteiger partial charge in [-0.15, -0.1) is 5.11 Å². The van der Waals surface area contributed by atoms with E-state index in [-0.39, 0.29) is 0 Å². The molecule has 0 saturated carbocycles. The van der Waals surface area contributed by atoms with Crippen LogP contribution in [-0.4, -0.2) is 9.97 Å². The number of azo groups is 1. The molecule has 0 amide bonds. The van der Waals surface area contributed by atoms with Gasteiger partial charge in [-0.1, -0.05) is 25.1 Å². The van der Waals surface area contributed by atoms with Crippen LogP contribution in [0.25, 0.3) is 0 Å². The van der Waals surface area contributed by atoms with Crippen molar-refractivity contribution < 1.29 is 0 Å². The zero-order valence-electron chi connectivity index (χ0n) is 10.9. The number of rotatable bonds is 3. The molecule has 1 heterocycles. The molecule has 2 rings (SSSR count). The monoisotopic (exact) mass is 240 g/mol. The molecule has 4 heteroatoms. The van der Waals surface area contributed by atoms with Crippen molar-refractivity contribution in [2.45, 2.75) is 27.2 Å². The molecule has 1 aromatic carbocycles. The average Bonchev–Trinajstić information content (AvgIpc) is 2.38. The SMILES string of the molecule is CCc1nc(C)c(/N=N/c2ccccc2)c(C)n1. The molecule has 0 unspecified atom stereocenters. The summed E-state index contributed by atoms with van der Waals surface area (Å²) in [6.07, 6.45) is 0.831. The molecule has 0 aliphatic rings. The van der Waals surface area contributed by atoms with E-state index in [1.165, 1.54) is 0 Å². The predicted molar refractivity (Wildman–Crippen MR) is 71.5 cm³/mol. The van der Waals surface area contributed by atoms with Gasteiger partial charge in [0.25, 0.3) is 0 Å². The molecule has 0 saturated heterocycles. The van der Waals surface area contributed by atoms with Gasteiger partial charge in [0.15, 0.2) is 0 Å². The molecule has 1 aromatic heterocycles. The van der Waals surface area contributed by atoms with Crippen molar-refractivity contribution in [2.75, 3.05) is 0 Å². The first-order valence-electron chi connectivity index (χ1n) is 6.01. The Kier molecular flexibility index (Phi) is 3.77. The largest absolute Gasteiger partial charge is 0.236 e. The fourth-order valence-corrected chi connectivity index (χ4v) is 1.69. The Hall–Kier alpha value is -2.10. The van der Waals surface area contributed by atoms with Crippen LogP contribution >= 0.6 is 0 Å². The Balaban J connectivity index is 2.32. The summed E-state index contributed by atoms with van der Waals surface area (Å²) in [6, 6.07) is 9.65. The molecule has 0 N–H and O–H groups in total. The Morgan fingerprint density at radius 3 is 2.11 bits per heavy atom. The smallest absolute Gasteiger partial charge is 0.128 e. The van der Waals surface area contributed by atoms with Crippen molar-refractivity contribution in [3.63, 3.8) is 0 Å². The molecule has 0 aliphatic carbocycles. The maximum absolute atomic E-state index is 4.40. The summed E-state index contributed by atoms with van der Waals surface area (Å²) in [6.45, 7) is 5.92. The minimum absolute atomic E-state index is 0.760. The third-order valence-electron chi connectivity index (χ3n) is 2.62. The van der Waals surface area contributed by atoms with Gasteiger partial charge >= 0.3 is 0 Å². The quantitative estimate of drug-likeness (QED) is 0.759. The van der Waals surface area contributed by atoms with Crippen LogP contribution in [0, 0.1) is 13.8 Å². The lowest BCUT2D eigenvalue weighted by Gasteiger charge is -2.04. The number of hydrogen-bond acceptors (Lipinski definition) is 4. The summed E-state index contributed by atoms with van der Waals surface area (Å²) in [5, 5.41) is 8.45. The Morgan fingerprint density at radius 1 is 0.944 bits per heavy atom. The van der Waals surface area contributed by atoms with E-state index in [4.69, 9.17) is 0 Å². The molecule has 92 valence electrons. The van der Waals surface area contributed by atoms with Crippen molar-refractivity contribution >= 4 is 11.4 Å². The summed E-state index contributed by atoms with van der Waals surface area (Å²) >= 11 is 0. The first-order valence-corrected chi connectivity index (χ1v) is 6.01. The van der Waals surface area contributed by atoms with E-state index in [2.05, 4.69) is 20.2 Å². The Bertz CT molecular complexity index is 538. The number of benzene rings is 1. The first-order chi connectivity index (χ1) is 8.70. The van der Waals surface area contributed by atoms with Crippen LogP contribution in [0.5, 0.6) is 0 Å². The fraction of sp³-hybridized carbons (Fsp3) is 0.286. The van der Waals surface area contributed by atoms with E-state index in [0.717, 1.165) is 35.0 Å². The van der Waals surface area contributed by atoms with Gasteiger partial charge < -0.3 is 0 Å². The third kappa shape index (κ3) is 2.77. The minimum atomic E-state index is 0.760. The van der Waals surface area contributed by atoms with Crippen molar-refractivity contribution in [3.05, 3.63) is 47.5 Å². The lowest BCUT2D eigenvalue weighted by molar-refractivity contribution is 0.891. The summed E-state index contributed by atoms with van der Waals surface area (Å²) < 4.78 is 0. The summed E-state index contributed by atoms with van der Waals surface area (Å²) in [5.41, 5.74) is 3.34. The highest BCUT2D eigenvalue weighted by molar-refractivity contribution is 5.46. The molecule has 0 radical (unpaired) electrons. The second kappa shape index (κ2) is 5.49. The number of aryl methyl sites for hydroxylation is 3. The Morgan fingerprint density at radius 2 is 1.56 bits per heavy atom. The fourth-order valence-electron chi connectivity index (χ4n) is 1.69. The van der Waals surface area contributed by atoms with Crippen LogP contribution in [0.1, 0.15) is 24.1 Å². The third-order valence-corrected chi connectivity index (χ3v) is 2.62. The van der Waals surface area contributed by atoms with Crippen LogP contribution in [0.4, 0.5) is 11.4 Å². The van der Waals surface area contributed by atoms with Crippen molar-refractivity contribution in [3.8, 4) is 0 Å². The molecule has 0 bridgehead atoms. The maximum Gasteiger partial charge on any atom is 0.128 e. The van der Waals surface area contributed by atoms with Gasteiger partial charge in [-0.3, -0.25) is 0 Å². The highest BCUT2D eigenvalue weighted by atomic mass is 15.1. The van der Waals surface area contributed by atoms with Crippen molar-refractivity contribution in [2.24, 2.45) is 10.2 Å². The van der Waals surface area contributed by atoms with Gasteiger partial charge in [0.1, 0.15) is 11.5 Å². The topological polar surface area (TPSA) is 50.5 Å². The minimum Gasteiger partial charge on any atom is -0.236 e. The Labute approximate surface area is 107 Å². The van der Waals surface area contributed by atoms with Crippen LogP contribution in [0.15, 0.2) is 40.6 Å². The van der Waals surface area contributed by atoms with Gasteiger partial charge in [0.05, 0.1) is 17.1 Å². The van der Waals surface area contributed by atoms with E-state index in [1.54, 1.807) is 0 Å². The molecular formula is C14H16N4. The number of aromatic nitrogens is 2. The zero-order valence-corrected chi connectivity index (χ0v) is 10.9. The second-order valence-corrected chi connectivity index (χ2v) is 4.05.